The number of imide groups is 1. The van der Waals surface area contributed by atoms with E-state index < -0.39 is 29.7 Å². The lowest BCUT2D eigenvalue weighted by molar-refractivity contribution is -0.150. The molecule has 9 heteroatoms. The molecule has 0 saturated carbocycles. The molecule has 0 aliphatic carbocycles. The van der Waals surface area contributed by atoms with Gasteiger partial charge in [-0.25, -0.2) is 0 Å². The van der Waals surface area contributed by atoms with Gasteiger partial charge in [0.05, 0.1) is 25.0 Å². The Bertz CT molecular complexity index is 886. The van der Waals surface area contributed by atoms with E-state index in [1.807, 2.05) is 0 Å². The second-order valence-corrected chi connectivity index (χ2v) is 15.7. The molecule has 0 radical (unpaired) electrons. The number of hydrogen-bond donors (Lipinski definition) is 4. The number of rotatable bonds is 40. The highest BCUT2D eigenvalue weighted by atomic mass is 16.2. The monoisotopic (exact) mass is 750 g/mol. The van der Waals surface area contributed by atoms with Crippen molar-refractivity contribution in [2.75, 3.05) is 26.2 Å². The molecule has 9 nitrogen and oxygen atoms in total. The zero-order chi connectivity index (χ0) is 39.2. The summed E-state index contributed by atoms with van der Waals surface area (Å²) in [7, 11) is 0. The number of carbonyl (C=O) groups is 4. The van der Waals surface area contributed by atoms with Crippen molar-refractivity contribution in [3.8, 4) is 0 Å². The number of amides is 3. The summed E-state index contributed by atoms with van der Waals surface area (Å²) in [6.45, 7) is 4.61. The van der Waals surface area contributed by atoms with Crippen molar-refractivity contribution in [1.29, 1.82) is 0 Å². The van der Waals surface area contributed by atoms with Gasteiger partial charge in [0.1, 0.15) is 0 Å². The molecule has 7 N–H and O–H groups in total. The van der Waals surface area contributed by atoms with Crippen molar-refractivity contribution in [1.82, 2.24) is 10.2 Å². The second-order valence-electron chi connectivity index (χ2n) is 15.7. The summed E-state index contributed by atoms with van der Waals surface area (Å²) in [6.07, 6.45) is 36.8. The Labute approximate surface area is 326 Å². The van der Waals surface area contributed by atoms with Gasteiger partial charge >= 0.3 is 0 Å². The lowest BCUT2D eigenvalue weighted by atomic mass is 9.89. The standard InChI is InChI=1S/C44H87N5O4/c1-3-5-7-9-11-13-15-17-18-19-21-23-25-27-29-31-36-49(42(51)38-48-41(50)37-46)44(53)39(43(52)40(47)34-32-35-45)33-30-28-26-24-22-20-16-14-12-10-8-6-4-2/h39-40H,3-38,45-47H2,1-2H3,(H,48,50). The van der Waals surface area contributed by atoms with Gasteiger partial charge < -0.3 is 22.5 Å². The van der Waals surface area contributed by atoms with E-state index in [9.17, 15) is 19.2 Å². The maximum absolute atomic E-state index is 14.0. The number of nitrogens with two attached hydrogens (primary N) is 3. The van der Waals surface area contributed by atoms with E-state index in [0.29, 0.717) is 32.2 Å². The van der Waals surface area contributed by atoms with Crippen LogP contribution < -0.4 is 22.5 Å². The molecule has 53 heavy (non-hydrogen) atoms. The summed E-state index contributed by atoms with van der Waals surface area (Å²) < 4.78 is 0. The summed E-state index contributed by atoms with van der Waals surface area (Å²) in [5.74, 6) is -2.72. The molecule has 0 fully saturated rings. The van der Waals surface area contributed by atoms with Gasteiger partial charge in [-0.1, -0.05) is 194 Å². The summed E-state index contributed by atoms with van der Waals surface area (Å²) in [4.78, 5) is 54.0. The van der Waals surface area contributed by atoms with Gasteiger partial charge in [0.25, 0.3) is 0 Å². The van der Waals surface area contributed by atoms with Crippen molar-refractivity contribution in [3.63, 3.8) is 0 Å². The first-order valence-corrected chi connectivity index (χ1v) is 22.6. The molecular weight excluding hydrogens is 663 g/mol. The second kappa shape index (κ2) is 38.4. The molecule has 0 heterocycles. The van der Waals surface area contributed by atoms with Gasteiger partial charge in [-0.2, -0.15) is 0 Å². The number of carbonyl (C=O) groups excluding carboxylic acids is 4. The van der Waals surface area contributed by atoms with Gasteiger partial charge in [0.15, 0.2) is 5.78 Å². The van der Waals surface area contributed by atoms with Crippen LogP contribution >= 0.6 is 0 Å². The fourth-order valence-corrected chi connectivity index (χ4v) is 7.20. The highest BCUT2D eigenvalue weighted by molar-refractivity contribution is 6.09. The van der Waals surface area contributed by atoms with Crippen LogP contribution in [0.15, 0.2) is 0 Å². The fourth-order valence-electron chi connectivity index (χ4n) is 7.20. The van der Waals surface area contributed by atoms with Gasteiger partial charge in [-0.15, -0.1) is 0 Å². The van der Waals surface area contributed by atoms with Gasteiger partial charge in [-0.05, 0) is 32.2 Å². The van der Waals surface area contributed by atoms with Gasteiger partial charge in [0.2, 0.25) is 17.7 Å². The Morgan fingerprint density at radius 1 is 0.509 bits per heavy atom. The lowest BCUT2D eigenvalue weighted by Crippen LogP contribution is -2.50. The lowest BCUT2D eigenvalue weighted by Gasteiger charge is -2.27. The third-order valence-electron chi connectivity index (χ3n) is 10.7. The topological polar surface area (TPSA) is 162 Å². The van der Waals surface area contributed by atoms with Crippen LogP contribution in [-0.2, 0) is 19.2 Å². The molecule has 0 aliphatic rings. The molecule has 0 aromatic carbocycles. The Balaban J connectivity index is 4.90. The van der Waals surface area contributed by atoms with E-state index in [1.54, 1.807) is 0 Å². The number of nitrogens with one attached hydrogen (secondary N) is 1. The van der Waals surface area contributed by atoms with E-state index in [4.69, 9.17) is 17.2 Å². The predicted molar refractivity (Wildman–Crippen MR) is 223 cm³/mol. The number of unbranched alkanes of at least 4 members (excludes halogenated alkanes) is 27. The van der Waals surface area contributed by atoms with Crippen molar-refractivity contribution in [3.05, 3.63) is 0 Å². The van der Waals surface area contributed by atoms with E-state index in [0.717, 1.165) is 44.9 Å². The largest absolute Gasteiger partial charge is 0.346 e. The smallest absolute Gasteiger partial charge is 0.248 e. The first-order valence-electron chi connectivity index (χ1n) is 22.6. The minimum atomic E-state index is -0.967. The van der Waals surface area contributed by atoms with Crippen molar-refractivity contribution in [2.24, 2.45) is 23.1 Å². The van der Waals surface area contributed by atoms with Crippen molar-refractivity contribution in [2.45, 2.75) is 225 Å². The molecule has 0 bridgehead atoms. The van der Waals surface area contributed by atoms with Crippen LogP contribution in [0.1, 0.15) is 219 Å². The van der Waals surface area contributed by atoms with E-state index >= 15 is 0 Å². The van der Waals surface area contributed by atoms with E-state index in [-0.39, 0.29) is 25.4 Å². The first kappa shape index (κ1) is 51.2. The Morgan fingerprint density at radius 2 is 0.887 bits per heavy atom. The third-order valence-corrected chi connectivity index (χ3v) is 10.7. The Kier molecular flexibility index (Phi) is 37.1. The van der Waals surface area contributed by atoms with Crippen LogP contribution in [0.25, 0.3) is 0 Å². The van der Waals surface area contributed by atoms with Crippen LogP contribution in [0, 0.1) is 5.92 Å². The minimum Gasteiger partial charge on any atom is -0.346 e. The normalized spacial score (nSPS) is 12.5. The predicted octanol–water partition coefficient (Wildman–Crippen LogP) is 9.41. The summed E-state index contributed by atoms with van der Waals surface area (Å²) in [5.41, 5.74) is 17.4. The molecule has 3 amide bonds. The maximum Gasteiger partial charge on any atom is 0.248 e. The molecule has 0 rings (SSSR count). The van der Waals surface area contributed by atoms with E-state index in [1.165, 1.54) is 140 Å². The highest BCUT2D eigenvalue weighted by Gasteiger charge is 2.35. The molecule has 0 aromatic rings. The number of ketones is 1. The van der Waals surface area contributed by atoms with Crippen molar-refractivity contribution < 1.29 is 19.2 Å². The number of hydrogen-bond acceptors (Lipinski definition) is 7. The molecule has 0 aromatic heterocycles. The van der Waals surface area contributed by atoms with Crippen LogP contribution in [0.2, 0.25) is 0 Å². The van der Waals surface area contributed by atoms with Crippen LogP contribution in [0.4, 0.5) is 0 Å². The molecule has 0 spiro atoms. The first-order chi connectivity index (χ1) is 25.8. The fraction of sp³-hybridized carbons (Fsp3) is 0.909. The molecule has 0 aliphatic heterocycles. The zero-order valence-electron chi connectivity index (χ0n) is 34.9. The summed E-state index contributed by atoms with van der Waals surface area (Å²) in [5, 5.41) is 2.51. The molecular formula is C44H87N5O4. The Hall–Kier alpha value is -1.84. The molecule has 2 atom stereocenters. The quantitative estimate of drug-likeness (QED) is 0.0358. The summed E-state index contributed by atoms with van der Waals surface area (Å²) >= 11 is 0. The molecule has 2 unspecified atom stereocenters. The van der Waals surface area contributed by atoms with Gasteiger partial charge in [-0.3, -0.25) is 24.1 Å². The number of Topliss-reactive ketones (excluding diaryl/α,β-unsaturated/α-hetero) is 1. The third kappa shape index (κ3) is 30.1. The Morgan fingerprint density at radius 3 is 1.26 bits per heavy atom. The van der Waals surface area contributed by atoms with Crippen molar-refractivity contribution >= 4 is 23.5 Å². The number of nitrogens with zero attached hydrogens (tertiary/aromatic N) is 1. The van der Waals surface area contributed by atoms with Crippen LogP contribution in [0.3, 0.4) is 0 Å². The SMILES string of the molecule is CCCCCCCCCCCCCCCCCCN(C(=O)CNC(=O)CN)C(=O)C(CCCCCCCCCCCCCCC)C(=O)C(N)CCCN. The highest BCUT2D eigenvalue weighted by Crippen LogP contribution is 2.21. The minimum absolute atomic E-state index is 0.231. The van der Waals surface area contributed by atoms with E-state index in [2.05, 4.69) is 19.2 Å². The summed E-state index contributed by atoms with van der Waals surface area (Å²) in [6, 6.07) is -0.793. The van der Waals surface area contributed by atoms with Crippen LogP contribution in [-0.4, -0.2) is 60.6 Å². The van der Waals surface area contributed by atoms with Gasteiger partial charge in [0, 0.05) is 6.54 Å². The molecule has 312 valence electrons. The molecule has 0 saturated heterocycles. The van der Waals surface area contributed by atoms with Crippen LogP contribution in [0.5, 0.6) is 0 Å². The maximum atomic E-state index is 14.0. The average Bonchev–Trinajstić information content (AvgIpc) is 3.16. The zero-order valence-corrected chi connectivity index (χ0v) is 34.9. The average molecular weight is 750 g/mol.